The molecule has 1 aliphatic heterocycles. The fraction of sp³-hybridized carbons (Fsp3) is 0.625. The summed E-state index contributed by atoms with van der Waals surface area (Å²) < 4.78 is 5.87. The number of benzene rings is 1. The van der Waals surface area contributed by atoms with E-state index in [-0.39, 0.29) is 6.04 Å². The summed E-state index contributed by atoms with van der Waals surface area (Å²) in [5.41, 5.74) is 5.75. The molecule has 2 aliphatic carbocycles. The van der Waals surface area contributed by atoms with Crippen LogP contribution in [0.5, 0.6) is 5.75 Å². The van der Waals surface area contributed by atoms with Crippen LogP contribution in [0.2, 0.25) is 0 Å². The van der Waals surface area contributed by atoms with E-state index >= 15 is 0 Å². The van der Waals surface area contributed by atoms with Gasteiger partial charge in [0.25, 0.3) is 0 Å². The fourth-order valence-electron chi connectivity index (χ4n) is 3.79. The predicted molar refractivity (Wildman–Crippen MR) is 74.6 cm³/mol. The molecule has 0 saturated heterocycles. The molecule has 1 atom stereocenters. The van der Waals surface area contributed by atoms with E-state index in [4.69, 9.17) is 10.6 Å². The molecule has 102 valence electrons. The molecule has 1 aromatic carbocycles. The molecule has 2 fully saturated rings. The number of fused-ring (bicyclic) bond motifs is 1. The lowest BCUT2D eigenvalue weighted by molar-refractivity contribution is 0.278. The normalized spacial score (nSPS) is 23.3. The average molecular weight is 258 g/mol. The molecule has 0 radical (unpaired) electrons. The first kappa shape index (κ1) is 11.7. The van der Waals surface area contributed by atoms with Crippen LogP contribution >= 0.6 is 0 Å². The van der Waals surface area contributed by atoms with Crippen LogP contribution in [-0.2, 0) is 6.42 Å². The number of ether oxygens (including phenoxy) is 1. The van der Waals surface area contributed by atoms with E-state index < -0.39 is 0 Å². The topological polar surface area (TPSA) is 47.3 Å². The summed E-state index contributed by atoms with van der Waals surface area (Å²) in [6.45, 7) is 0.821. The van der Waals surface area contributed by atoms with Crippen LogP contribution in [0.3, 0.4) is 0 Å². The number of para-hydroxylation sites is 1. The SMILES string of the molecule is NNC(c1cccc2c1OCC2)C(C1CC1)C1CC1. The molecule has 1 aromatic rings. The Morgan fingerprint density at radius 1 is 1.16 bits per heavy atom. The zero-order valence-corrected chi connectivity index (χ0v) is 11.3. The second kappa shape index (κ2) is 4.50. The minimum Gasteiger partial charge on any atom is -0.493 e. The second-order valence-electron chi connectivity index (χ2n) is 6.33. The summed E-state index contributed by atoms with van der Waals surface area (Å²) in [6, 6.07) is 6.81. The van der Waals surface area contributed by atoms with Gasteiger partial charge in [0.1, 0.15) is 5.75 Å². The maximum Gasteiger partial charge on any atom is 0.127 e. The predicted octanol–water partition coefficient (Wildman–Crippen LogP) is 2.56. The monoisotopic (exact) mass is 258 g/mol. The van der Waals surface area contributed by atoms with Crippen LogP contribution < -0.4 is 16.0 Å². The number of hydrogen-bond donors (Lipinski definition) is 2. The highest BCUT2D eigenvalue weighted by molar-refractivity contribution is 5.46. The van der Waals surface area contributed by atoms with Gasteiger partial charge < -0.3 is 4.74 Å². The van der Waals surface area contributed by atoms with E-state index in [1.54, 1.807) is 0 Å². The first-order valence-corrected chi connectivity index (χ1v) is 7.59. The Balaban J connectivity index is 1.70. The molecule has 3 aliphatic rings. The number of hydrogen-bond acceptors (Lipinski definition) is 3. The largest absolute Gasteiger partial charge is 0.493 e. The maximum atomic E-state index is 5.93. The van der Waals surface area contributed by atoms with Gasteiger partial charge in [0, 0.05) is 12.0 Å². The minimum absolute atomic E-state index is 0.271. The van der Waals surface area contributed by atoms with Gasteiger partial charge in [-0.15, -0.1) is 0 Å². The summed E-state index contributed by atoms with van der Waals surface area (Å²) in [6.07, 6.45) is 6.58. The molecule has 19 heavy (non-hydrogen) atoms. The van der Waals surface area contributed by atoms with E-state index in [2.05, 4.69) is 23.6 Å². The van der Waals surface area contributed by atoms with Gasteiger partial charge in [-0.05, 0) is 49.0 Å². The van der Waals surface area contributed by atoms with Crippen LogP contribution in [0, 0.1) is 17.8 Å². The van der Waals surface area contributed by atoms with Crippen LogP contribution in [0.15, 0.2) is 18.2 Å². The minimum atomic E-state index is 0.271. The van der Waals surface area contributed by atoms with Gasteiger partial charge in [-0.25, -0.2) is 0 Å². The zero-order valence-electron chi connectivity index (χ0n) is 11.3. The zero-order chi connectivity index (χ0) is 12.8. The molecule has 0 aromatic heterocycles. The molecular weight excluding hydrogens is 236 g/mol. The molecule has 0 bridgehead atoms. The molecule has 3 N–H and O–H groups in total. The Labute approximate surface area is 114 Å². The summed E-state index contributed by atoms with van der Waals surface area (Å²) in [5.74, 6) is 9.50. The first-order valence-electron chi connectivity index (χ1n) is 7.59. The van der Waals surface area contributed by atoms with Gasteiger partial charge in [-0.1, -0.05) is 18.2 Å². The Morgan fingerprint density at radius 2 is 1.89 bits per heavy atom. The summed E-state index contributed by atoms with van der Waals surface area (Å²) in [4.78, 5) is 0. The van der Waals surface area contributed by atoms with Gasteiger partial charge in [0.2, 0.25) is 0 Å². The lowest BCUT2D eigenvalue weighted by Gasteiger charge is -2.28. The molecule has 0 amide bonds. The van der Waals surface area contributed by atoms with Gasteiger partial charge >= 0.3 is 0 Å². The van der Waals surface area contributed by atoms with Crippen molar-refractivity contribution < 1.29 is 4.74 Å². The van der Waals surface area contributed by atoms with Crippen molar-refractivity contribution in [2.75, 3.05) is 6.61 Å². The molecule has 4 rings (SSSR count). The van der Waals surface area contributed by atoms with E-state index in [1.165, 1.54) is 36.8 Å². The summed E-state index contributed by atoms with van der Waals surface area (Å²) in [7, 11) is 0. The third-order valence-corrected chi connectivity index (χ3v) is 4.98. The third-order valence-electron chi connectivity index (χ3n) is 4.98. The molecule has 3 heteroatoms. The third kappa shape index (κ3) is 2.05. The highest BCUT2D eigenvalue weighted by Gasteiger charge is 2.46. The molecule has 2 saturated carbocycles. The van der Waals surface area contributed by atoms with Crippen LogP contribution in [0.1, 0.15) is 42.9 Å². The number of rotatable bonds is 5. The van der Waals surface area contributed by atoms with Crippen molar-refractivity contribution in [3.05, 3.63) is 29.3 Å². The van der Waals surface area contributed by atoms with E-state index in [0.717, 1.165) is 30.6 Å². The molecule has 3 nitrogen and oxygen atoms in total. The van der Waals surface area contributed by atoms with Crippen molar-refractivity contribution in [1.29, 1.82) is 0 Å². The molecular formula is C16H22N2O. The van der Waals surface area contributed by atoms with Crippen LogP contribution in [0.25, 0.3) is 0 Å². The number of hydrazine groups is 1. The second-order valence-corrected chi connectivity index (χ2v) is 6.33. The van der Waals surface area contributed by atoms with E-state index in [0.29, 0.717) is 5.92 Å². The van der Waals surface area contributed by atoms with E-state index in [9.17, 15) is 0 Å². The van der Waals surface area contributed by atoms with Crippen molar-refractivity contribution in [2.45, 2.75) is 38.1 Å². The van der Waals surface area contributed by atoms with Gasteiger partial charge in [0.15, 0.2) is 0 Å². The first-order chi connectivity index (χ1) is 9.38. The quantitative estimate of drug-likeness (QED) is 0.630. The van der Waals surface area contributed by atoms with Gasteiger partial charge in [0.05, 0.1) is 12.6 Å². The van der Waals surface area contributed by atoms with Crippen molar-refractivity contribution in [1.82, 2.24) is 5.43 Å². The van der Waals surface area contributed by atoms with Crippen molar-refractivity contribution >= 4 is 0 Å². The fourth-order valence-corrected chi connectivity index (χ4v) is 3.79. The van der Waals surface area contributed by atoms with Crippen molar-refractivity contribution in [3.8, 4) is 5.75 Å². The summed E-state index contributed by atoms with van der Waals surface area (Å²) in [5, 5.41) is 0. The standard InChI is InChI=1S/C16H22N2O/c17-18-15(14(10-4-5-10)11-6-7-11)13-3-1-2-12-8-9-19-16(12)13/h1-3,10-11,14-15,18H,4-9,17H2. The summed E-state index contributed by atoms with van der Waals surface area (Å²) >= 11 is 0. The Bertz CT molecular complexity index is 468. The number of nitrogens with one attached hydrogen (secondary N) is 1. The highest BCUT2D eigenvalue weighted by Crippen LogP contribution is 2.55. The van der Waals surface area contributed by atoms with Crippen molar-refractivity contribution in [2.24, 2.45) is 23.6 Å². The lowest BCUT2D eigenvalue weighted by atomic mass is 9.84. The van der Waals surface area contributed by atoms with Crippen LogP contribution in [-0.4, -0.2) is 6.61 Å². The molecule has 1 heterocycles. The van der Waals surface area contributed by atoms with Crippen molar-refractivity contribution in [3.63, 3.8) is 0 Å². The van der Waals surface area contributed by atoms with Gasteiger partial charge in [-0.3, -0.25) is 11.3 Å². The van der Waals surface area contributed by atoms with Crippen LogP contribution in [0.4, 0.5) is 0 Å². The van der Waals surface area contributed by atoms with E-state index in [1.807, 2.05) is 0 Å². The number of nitrogens with two attached hydrogens (primary N) is 1. The Hall–Kier alpha value is -1.06. The average Bonchev–Trinajstić information content (AvgIpc) is 3.35. The maximum absolute atomic E-state index is 5.93. The Kier molecular flexibility index (Phi) is 2.78. The lowest BCUT2D eigenvalue weighted by Crippen LogP contribution is -2.35. The smallest absolute Gasteiger partial charge is 0.127 e. The molecule has 0 spiro atoms. The molecule has 1 unspecified atom stereocenters. The Morgan fingerprint density at radius 3 is 2.53 bits per heavy atom. The van der Waals surface area contributed by atoms with Gasteiger partial charge in [-0.2, -0.15) is 0 Å². The highest BCUT2D eigenvalue weighted by atomic mass is 16.5.